The Hall–Kier alpha value is -0.650. The lowest BCUT2D eigenvalue weighted by molar-refractivity contribution is -0.145. The van der Waals surface area contributed by atoms with Gasteiger partial charge in [-0.2, -0.15) is 0 Å². The molecule has 94 valence electrons. The molecule has 1 rings (SSSR count). The first-order valence-electron chi connectivity index (χ1n) is 5.96. The Bertz CT molecular complexity index is 203. The number of carbonyl (C=O) groups is 1. The average molecular weight is 230 g/mol. The molecule has 0 aliphatic carbocycles. The zero-order valence-corrected chi connectivity index (χ0v) is 9.98. The third-order valence-electron chi connectivity index (χ3n) is 2.66. The number of nitrogens with zero attached hydrogens (tertiary/aromatic N) is 1. The standard InChI is InChI=1S/C11H22N2O3/c1-2-15-11(14)9-13-6-3-10(4-7-13)16-8-5-12/h10H,2-9,12H2,1H3. The van der Waals surface area contributed by atoms with Crippen LogP contribution in [0.1, 0.15) is 19.8 Å². The summed E-state index contributed by atoms with van der Waals surface area (Å²) in [6, 6.07) is 0. The number of ether oxygens (including phenoxy) is 2. The second-order valence-electron chi connectivity index (χ2n) is 3.94. The fraction of sp³-hybridized carbons (Fsp3) is 0.909. The summed E-state index contributed by atoms with van der Waals surface area (Å²) in [5.41, 5.74) is 5.38. The molecular formula is C11H22N2O3. The molecular weight excluding hydrogens is 208 g/mol. The predicted octanol–water partition coefficient (Wildman–Crippen LogP) is -0.0108. The van der Waals surface area contributed by atoms with Gasteiger partial charge < -0.3 is 15.2 Å². The van der Waals surface area contributed by atoms with Gasteiger partial charge in [0.2, 0.25) is 0 Å². The molecule has 1 fully saturated rings. The topological polar surface area (TPSA) is 64.8 Å². The molecule has 0 bridgehead atoms. The Morgan fingerprint density at radius 1 is 1.44 bits per heavy atom. The average Bonchev–Trinajstić information content (AvgIpc) is 2.28. The highest BCUT2D eigenvalue weighted by molar-refractivity contribution is 5.71. The van der Waals surface area contributed by atoms with Crippen LogP contribution in [0.25, 0.3) is 0 Å². The summed E-state index contributed by atoms with van der Waals surface area (Å²) in [6.45, 7) is 5.67. The third-order valence-corrected chi connectivity index (χ3v) is 2.66. The smallest absolute Gasteiger partial charge is 0.320 e. The van der Waals surface area contributed by atoms with Crippen LogP contribution in [0, 0.1) is 0 Å². The van der Waals surface area contributed by atoms with Crippen molar-refractivity contribution in [2.24, 2.45) is 5.73 Å². The van der Waals surface area contributed by atoms with Crippen molar-refractivity contribution < 1.29 is 14.3 Å². The molecule has 5 nitrogen and oxygen atoms in total. The van der Waals surface area contributed by atoms with E-state index in [9.17, 15) is 4.79 Å². The van der Waals surface area contributed by atoms with Crippen LogP contribution in [0.3, 0.4) is 0 Å². The van der Waals surface area contributed by atoms with Crippen LogP contribution < -0.4 is 5.73 Å². The third kappa shape index (κ3) is 4.92. The van der Waals surface area contributed by atoms with E-state index >= 15 is 0 Å². The maximum atomic E-state index is 11.3. The minimum absolute atomic E-state index is 0.135. The first-order valence-corrected chi connectivity index (χ1v) is 5.96. The van der Waals surface area contributed by atoms with Crippen molar-refractivity contribution in [2.45, 2.75) is 25.9 Å². The number of piperidine rings is 1. The number of rotatable bonds is 6. The van der Waals surface area contributed by atoms with Gasteiger partial charge >= 0.3 is 5.97 Å². The lowest BCUT2D eigenvalue weighted by Crippen LogP contribution is -2.40. The Morgan fingerprint density at radius 3 is 2.69 bits per heavy atom. The van der Waals surface area contributed by atoms with Gasteiger partial charge in [-0.05, 0) is 19.8 Å². The Kier molecular flexibility index (Phi) is 6.37. The second kappa shape index (κ2) is 7.60. The molecule has 16 heavy (non-hydrogen) atoms. The summed E-state index contributed by atoms with van der Waals surface area (Å²) < 4.78 is 10.5. The second-order valence-corrected chi connectivity index (χ2v) is 3.94. The molecule has 0 atom stereocenters. The Morgan fingerprint density at radius 2 is 2.12 bits per heavy atom. The predicted molar refractivity (Wildman–Crippen MR) is 61.1 cm³/mol. The van der Waals surface area contributed by atoms with Gasteiger partial charge in [0.05, 0.1) is 25.9 Å². The minimum Gasteiger partial charge on any atom is -0.465 e. The number of hydrogen-bond donors (Lipinski definition) is 1. The Labute approximate surface area is 96.9 Å². The van der Waals surface area contributed by atoms with Gasteiger partial charge in [0, 0.05) is 19.6 Å². The monoisotopic (exact) mass is 230 g/mol. The maximum Gasteiger partial charge on any atom is 0.320 e. The molecule has 1 heterocycles. The van der Waals surface area contributed by atoms with Crippen molar-refractivity contribution in [1.29, 1.82) is 0 Å². The van der Waals surface area contributed by atoms with Crippen LogP contribution in [0.15, 0.2) is 0 Å². The van der Waals surface area contributed by atoms with E-state index in [1.54, 1.807) is 0 Å². The number of nitrogens with two attached hydrogens (primary N) is 1. The zero-order chi connectivity index (χ0) is 11.8. The normalized spacial score (nSPS) is 18.6. The molecule has 0 saturated carbocycles. The van der Waals surface area contributed by atoms with E-state index in [1.807, 2.05) is 6.92 Å². The van der Waals surface area contributed by atoms with Crippen LogP contribution >= 0.6 is 0 Å². The van der Waals surface area contributed by atoms with E-state index in [0.29, 0.717) is 32.4 Å². The van der Waals surface area contributed by atoms with Gasteiger partial charge in [-0.3, -0.25) is 9.69 Å². The number of hydrogen-bond acceptors (Lipinski definition) is 5. The van der Waals surface area contributed by atoms with Gasteiger partial charge in [0.25, 0.3) is 0 Å². The van der Waals surface area contributed by atoms with Crippen molar-refractivity contribution in [2.75, 3.05) is 39.4 Å². The van der Waals surface area contributed by atoms with E-state index in [-0.39, 0.29) is 5.97 Å². The summed E-state index contributed by atoms with van der Waals surface area (Å²) in [5.74, 6) is -0.135. The fourth-order valence-electron chi connectivity index (χ4n) is 1.86. The molecule has 0 aromatic rings. The van der Waals surface area contributed by atoms with Crippen LogP contribution in [-0.4, -0.2) is 56.4 Å². The number of likely N-dealkylation sites (tertiary alicyclic amines) is 1. The van der Waals surface area contributed by atoms with E-state index in [2.05, 4.69) is 4.90 Å². The largest absolute Gasteiger partial charge is 0.465 e. The molecule has 5 heteroatoms. The summed E-state index contributed by atoms with van der Waals surface area (Å²) in [7, 11) is 0. The van der Waals surface area contributed by atoms with E-state index < -0.39 is 0 Å². The molecule has 0 spiro atoms. The Balaban J connectivity index is 2.14. The van der Waals surface area contributed by atoms with E-state index in [4.69, 9.17) is 15.2 Å². The highest BCUT2D eigenvalue weighted by Crippen LogP contribution is 2.13. The van der Waals surface area contributed by atoms with Gasteiger partial charge in [0.15, 0.2) is 0 Å². The van der Waals surface area contributed by atoms with Crippen molar-refractivity contribution in [3.63, 3.8) is 0 Å². The van der Waals surface area contributed by atoms with Gasteiger partial charge in [-0.1, -0.05) is 0 Å². The molecule has 0 unspecified atom stereocenters. The molecule has 1 aliphatic heterocycles. The van der Waals surface area contributed by atoms with Crippen LogP contribution in [0.2, 0.25) is 0 Å². The molecule has 0 aromatic heterocycles. The van der Waals surface area contributed by atoms with E-state index in [0.717, 1.165) is 25.9 Å². The number of esters is 1. The van der Waals surface area contributed by atoms with Gasteiger partial charge in [-0.25, -0.2) is 0 Å². The van der Waals surface area contributed by atoms with Crippen LogP contribution in [-0.2, 0) is 14.3 Å². The molecule has 0 amide bonds. The summed E-state index contributed by atoms with van der Waals surface area (Å²) >= 11 is 0. The SMILES string of the molecule is CCOC(=O)CN1CCC(OCCN)CC1. The fourth-order valence-corrected chi connectivity index (χ4v) is 1.86. The van der Waals surface area contributed by atoms with Crippen LogP contribution in [0.4, 0.5) is 0 Å². The van der Waals surface area contributed by atoms with Crippen molar-refractivity contribution in [1.82, 2.24) is 4.90 Å². The molecule has 0 aromatic carbocycles. The molecule has 2 N–H and O–H groups in total. The number of carbonyl (C=O) groups excluding carboxylic acids is 1. The summed E-state index contributed by atoms with van der Waals surface area (Å²) in [6.07, 6.45) is 2.25. The lowest BCUT2D eigenvalue weighted by atomic mass is 10.1. The van der Waals surface area contributed by atoms with E-state index in [1.165, 1.54) is 0 Å². The van der Waals surface area contributed by atoms with Crippen molar-refractivity contribution in [3.8, 4) is 0 Å². The maximum absolute atomic E-state index is 11.3. The highest BCUT2D eigenvalue weighted by atomic mass is 16.5. The van der Waals surface area contributed by atoms with Gasteiger partial charge in [0.1, 0.15) is 0 Å². The summed E-state index contributed by atoms with van der Waals surface area (Å²) in [5, 5.41) is 0. The van der Waals surface area contributed by atoms with Crippen molar-refractivity contribution >= 4 is 5.97 Å². The first kappa shape index (κ1) is 13.4. The minimum atomic E-state index is -0.135. The van der Waals surface area contributed by atoms with Crippen LogP contribution in [0.5, 0.6) is 0 Å². The first-order chi connectivity index (χ1) is 7.76. The zero-order valence-electron chi connectivity index (χ0n) is 9.98. The van der Waals surface area contributed by atoms with Crippen molar-refractivity contribution in [3.05, 3.63) is 0 Å². The quantitative estimate of drug-likeness (QED) is 0.650. The highest BCUT2D eigenvalue weighted by Gasteiger charge is 2.21. The molecule has 1 saturated heterocycles. The lowest BCUT2D eigenvalue weighted by Gasteiger charge is -2.30. The van der Waals surface area contributed by atoms with Gasteiger partial charge in [-0.15, -0.1) is 0 Å². The molecule has 0 radical (unpaired) electrons. The molecule has 1 aliphatic rings. The summed E-state index contributed by atoms with van der Waals surface area (Å²) in [4.78, 5) is 13.4.